The SMILES string of the molecule is O=S(=O)([O-])CCCN1/C(=C\c2sc3ccc(Cl)cc3[n+]2CCCS(=O)(=O)[O-])Sc2ccc(Cl)cc21. The van der Waals surface area contributed by atoms with Gasteiger partial charge in [0.2, 0.25) is 5.52 Å². The van der Waals surface area contributed by atoms with Gasteiger partial charge in [0.1, 0.15) is 4.70 Å². The molecule has 0 atom stereocenters. The molecule has 0 radical (unpaired) electrons. The maximum Gasteiger partial charge on any atom is 0.265 e. The molecule has 1 aliphatic rings. The first kappa shape index (κ1) is 26.7. The summed E-state index contributed by atoms with van der Waals surface area (Å²) < 4.78 is 69.6. The molecule has 14 heteroatoms. The first-order valence-electron chi connectivity index (χ1n) is 10.4. The van der Waals surface area contributed by atoms with Crippen LogP contribution in [-0.2, 0) is 26.8 Å². The lowest BCUT2D eigenvalue weighted by Crippen LogP contribution is -2.36. The zero-order chi connectivity index (χ0) is 25.4. The Balaban J connectivity index is 1.73. The molecular formula is C21H19Cl2N2O6S4-. The number of anilines is 1. The van der Waals surface area contributed by atoms with Crippen molar-refractivity contribution >= 4 is 88.5 Å². The Morgan fingerprint density at radius 3 is 2.31 bits per heavy atom. The van der Waals surface area contributed by atoms with Crippen LogP contribution in [-0.4, -0.2) is 44.0 Å². The number of thioether (sulfide) groups is 1. The maximum absolute atomic E-state index is 11.1. The molecular weight excluding hydrogens is 575 g/mol. The predicted octanol–water partition coefficient (Wildman–Crippen LogP) is 4.28. The molecule has 2 aromatic carbocycles. The average molecular weight is 595 g/mol. The molecule has 3 aromatic rings. The average Bonchev–Trinajstić information content (AvgIpc) is 3.24. The van der Waals surface area contributed by atoms with Crippen molar-refractivity contribution in [1.82, 2.24) is 0 Å². The minimum atomic E-state index is -4.35. The van der Waals surface area contributed by atoms with E-state index in [2.05, 4.69) is 0 Å². The number of hydrogen-bond donors (Lipinski definition) is 0. The van der Waals surface area contributed by atoms with Crippen molar-refractivity contribution in [1.29, 1.82) is 0 Å². The largest absolute Gasteiger partial charge is 0.748 e. The smallest absolute Gasteiger partial charge is 0.265 e. The number of fused-ring (bicyclic) bond motifs is 2. The molecule has 0 bridgehead atoms. The van der Waals surface area contributed by atoms with Crippen LogP contribution in [0, 0.1) is 0 Å². The second-order valence-corrected chi connectivity index (χ2v) is 13.8. The number of aromatic nitrogens is 1. The van der Waals surface area contributed by atoms with E-state index in [1.54, 1.807) is 24.3 Å². The summed E-state index contributed by atoms with van der Waals surface area (Å²) in [6.45, 7) is 0.581. The Bertz CT molecular complexity index is 1520. The van der Waals surface area contributed by atoms with Gasteiger partial charge in [-0.1, -0.05) is 46.3 Å². The highest BCUT2D eigenvalue weighted by molar-refractivity contribution is 8.04. The number of thiazole rings is 1. The minimum Gasteiger partial charge on any atom is -0.748 e. The maximum atomic E-state index is 11.1. The number of nitrogens with zero attached hydrogens (tertiary/aromatic N) is 2. The summed E-state index contributed by atoms with van der Waals surface area (Å²) in [6, 6.07) is 10.8. The molecule has 0 unspecified atom stereocenters. The summed E-state index contributed by atoms with van der Waals surface area (Å²) in [5, 5.41) is 2.65. The highest BCUT2D eigenvalue weighted by Gasteiger charge is 2.28. The number of halogens is 2. The van der Waals surface area contributed by atoms with E-state index in [0.717, 1.165) is 30.8 Å². The highest BCUT2D eigenvalue weighted by atomic mass is 35.5. The van der Waals surface area contributed by atoms with E-state index in [0.29, 0.717) is 23.1 Å². The third-order valence-corrected chi connectivity index (χ3v) is 9.46. The van der Waals surface area contributed by atoms with Crippen LogP contribution in [0.2, 0.25) is 10.0 Å². The molecule has 1 aromatic heterocycles. The molecule has 0 aliphatic carbocycles. The van der Waals surface area contributed by atoms with Gasteiger partial charge in [-0.3, -0.25) is 0 Å². The fraction of sp³-hybridized carbons (Fsp3) is 0.286. The Labute approximate surface area is 221 Å². The third kappa shape index (κ3) is 6.89. The van der Waals surface area contributed by atoms with Crippen LogP contribution in [0.3, 0.4) is 0 Å². The Morgan fingerprint density at radius 2 is 1.60 bits per heavy atom. The van der Waals surface area contributed by atoms with Gasteiger partial charge in [0.05, 0.1) is 37.0 Å². The summed E-state index contributed by atoms with van der Waals surface area (Å²) in [7, 11) is -8.69. The Kier molecular flexibility index (Phi) is 8.04. The highest BCUT2D eigenvalue weighted by Crippen LogP contribution is 2.48. The van der Waals surface area contributed by atoms with Crippen LogP contribution in [0.1, 0.15) is 17.8 Å². The summed E-state index contributed by atoms with van der Waals surface area (Å²) in [6.07, 6.45) is 2.20. The van der Waals surface area contributed by atoms with Crippen molar-refractivity contribution in [2.24, 2.45) is 0 Å². The number of benzene rings is 2. The fourth-order valence-electron chi connectivity index (χ4n) is 3.73. The minimum absolute atomic E-state index is 0.138. The van der Waals surface area contributed by atoms with Gasteiger partial charge in [0, 0.05) is 45.5 Å². The predicted molar refractivity (Wildman–Crippen MR) is 138 cm³/mol. The Morgan fingerprint density at radius 1 is 0.943 bits per heavy atom. The first-order chi connectivity index (χ1) is 16.4. The van der Waals surface area contributed by atoms with Crippen LogP contribution < -0.4 is 9.47 Å². The van der Waals surface area contributed by atoms with Crippen molar-refractivity contribution < 1.29 is 30.5 Å². The van der Waals surface area contributed by atoms with Gasteiger partial charge >= 0.3 is 0 Å². The first-order valence-corrected chi connectivity index (χ1v) is 15.9. The second-order valence-electron chi connectivity index (χ2n) is 7.78. The zero-order valence-corrected chi connectivity index (χ0v) is 22.8. The molecule has 0 saturated heterocycles. The molecule has 0 amide bonds. The van der Waals surface area contributed by atoms with Gasteiger partial charge in [0.15, 0.2) is 6.54 Å². The summed E-state index contributed by atoms with van der Waals surface area (Å²) in [5.74, 6) is -0.967. The van der Waals surface area contributed by atoms with E-state index in [9.17, 15) is 25.9 Å². The molecule has 0 fully saturated rings. The quantitative estimate of drug-likeness (QED) is 0.266. The topological polar surface area (TPSA) is 122 Å². The van der Waals surface area contributed by atoms with E-state index in [1.807, 2.05) is 27.7 Å². The fourth-order valence-corrected chi connectivity index (χ4v) is 7.31. The molecule has 0 N–H and O–H groups in total. The molecule has 8 nitrogen and oxygen atoms in total. The number of hydrogen-bond acceptors (Lipinski definition) is 9. The monoisotopic (exact) mass is 593 g/mol. The van der Waals surface area contributed by atoms with Gasteiger partial charge in [-0.2, -0.15) is 4.57 Å². The number of aryl methyl sites for hydroxylation is 1. The van der Waals surface area contributed by atoms with E-state index < -0.39 is 31.7 Å². The molecule has 35 heavy (non-hydrogen) atoms. The van der Waals surface area contributed by atoms with Crippen molar-refractivity contribution in [3.05, 3.63) is 56.5 Å². The van der Waals surface area contributed by atoms with Crippen LogP contribution in [0.15, 0.2) is 46.3 Å². The lowest BCUT2D eigenvalue weighted by molar-refractivity contribution is -0.668. The van der Waals surface area contributed by atoms with Crippen LogP contribution in [0.25, 0.3) is 16.3 Å². The van der Waals surface area contributed by atoms with Crippen LogP contribution in [0.4, 0.5) is 5.69 Å². The molecule has 1 aliphatic heterocycles. The Hall–Kier alpha value is -1.38. The number of rotatable bonds is 9. The van der Waals surface area contributed by atoms with Gasteiger partial charge in [-0.05, 0) is 36.8 Å². The zero-order valence-electron chi connectivity index (χ0n) is 18.0. The van der Waals surface area contributed by atoms with Crippen molar-refractivity contribution in [2.45, 2.75) is 24.3 Å². The normalized spacial score (nSPS) is 15.3. The summed E-state index contributed by atoms with van der Waals surface area (Å²) >= 11 is 15.4. The molecule has 2 heterocycles. The van der Waals surface area contributed by atoms with Gasteiger partial charge in [-0.15, -0.1) is 0 Å². The van der Waals surface area contributed by atoms with Gasteiger partial charge in [-0.25, -0.2) is 16.8 Å². The second kappa shape index (κ2) is 10.5. The lowest BCUT2D eigenvalue weighted by atomic mass is 10.2. The van der Waals surface area contributed by atoms with Gasteiger partial charge in [0.25, 0.3) is 5.01 Å². The van der Waals surface area contributed by atoms with Gasteiger partial charge < -0.3 is 14.0 Å². The molecule has 4 rings (SSSR count). The van der Waals surface area contributed by atoms with E-state index in [1.165, 1.54) is 23.1 Å². The molecule has 188 valence electrons. The van der Waals surface area contributed by atoms with E-state index in [-0.39, 0.29) is 12.8 Å². The summed E-state index contributed by atoms with van der Waals surface area (Å²) in [4.78, 5) is 2.85. The van der Waals surface area contributed by atoms with Crippen molar-refractivity contribution in [3.63, 3.8) is 0 Å². The van der Waals surface area contributed by atoms with Crippen molar-refractivity contribution in [3.8, 4) is 0 Å². The van der Waals surface area contributed by atoms with Crippen molar-refractivity contribution in [2.75, 3.05) is 23.0 Å². The van der Waals surface area contributed by atoms with E-state index in [4.69, 9.17) is 23.2 Å². The molecule has 0 spiro atoms. The summed E-state index contributed by atoms with van der Waals surface area (Å²) in [5.41, 5.74) is 1.62. The lowest BCUT2D eigenvalue weighted by Gasteiger charge is -2.20. The van der Waals surface area contributed by atoms with Crippen LogP contribution >= 0.6 is 46.3 Å². The van der Waals surface area contributed by atoms with E-state index >= 15 is 0 Å². The standard InChI is InChI=1S/C21H20Cl2N2O6S4/c22-14-3-5-18-16(11-14)24(7-1-9-34(26,27)28)20(32-18)13-21-25(8-2-10-35(29,30)31)17-12-15(23)4-6-19(17)33-21/h3-6,11-13H,1-2,7-10H2,(H-,26,27,28,29,30,31)/p-1. The molecule has 0 saturated carbocycles. The third-order valence-electron chi connectivity index (χ3n) is 5.18. The van der Waals surface area contributed by atoms with Crippen LogP contribution in [0.5, 0.6) is 0 Å².